The second-order valence-corrected chi connectivity index (χ2v) is 6.52. The number of thiazole rings is 1. The van der Waals surface area contributed by atoms with E-state index >= 15 is 0 Å². The van der Waals surface area contributed by atoms with Crippen molar-refractivity contribution in [3.05, 3.63) is 35.8 Å². The summed E-state index contributed by atoms with van der Waals surface area (Å²) >= 11 is 2.71. The van der Waals surface area contributed by atoms with Gasteiger partial charge in [-0.3, -0.25) is 0 Å². The lowest BCUT2D eigenvalue weighted by Crippen LogP contribution is -2.13. The highest BCUT2D eigenvalue weighted by Gasteiger charge is 2.13. The molecule has 0 saturated heterocycles. The molecule has 1 aromatic carbocycles. The van der Waals surface area contributed by atoms with E-state index < -0.39 is 10.0 Å². The molecule has 0 aliphatic heterocycles. The first-order valence-electron chi connectivity index (χ1n) is 4.51. The SMILES string of the molecule is NS(=O)(=O)c1ccccc1NSc1nccs1. The van der Waals surface area contributed by atoms with E-state index in [1.807, 2.05) is 5.38 Å². The number of nitrogens with zero attached hydrogens (tertiary/aromatic N) is 1. The Balaban J connectivity index is 2.22. The van der Waals surface area contributed by atoms with E-state index in [0.29, 0.717) is 5.69 Å². The van der Waals surface area contributed by atoms with Gasteiger partial charge in [-0.05, 0) is 12.1 Å². The fourth-order valence-electron chi connectivity index (χ4n) is 1.16. The van der Waals surface area contributed by atoms with Gasteiger partial charge in [0.15, 0.2) is 4.34 Å². The molecular formula is C9H9N3O2S3. The average molecular weight is 287 g/mol. The lowest BCUT2D eigenvalue weighted by molar-refractivity contribution is 0.598. The zero-order chi connectivity index (χ0) is 12.3. The molecule has 0 bridgehead atoms. The summed E-state index contributed by atoms with van der Waals surface area (Å²) in [6.07, 6.45) is 1.68. The minimum atomic E-state index is -3.72. The number of rotatable bonds is 4. The molecule has 0 aliphatic rings. The molecule has 8 heteroatoms. The normalized spacial score (nSPS) is 11.4. The van der Waals surface area contributed by atoms with E-state index in [4.69, 9.17) is 5.14 Å². The van der Waals surface area contributed by atoms with Gasteiger partial charge in [-0.1, -0.05) is 12.1 Å². The number of primary sulfonamides is 1. The monoisotopic (exact) mass is 287 g/mol. The van der Waals surface area contributed by atoms with Crippen LogP contribution in [0.1, 0.15) is 0 Å². The fourth-order valence-corrected chi connectivity index (χ4v) is 3.25. The molecule has 90 valence electrons. The molecule has 2 aromatic rings. The van der Waals surface area contributed by atoms with Gasteiger partial charge < -0.3 is 4.72 Å². The highest BCUT2D eigenvalue weighted by molar-refractivity contribution is 8.02. The molecule has 1 heterocycles. The van der Waals surface area contributed by atoms with Crippen LogP contribution in [0.3, 0.4) is 0 Å². The van der Waals surface area contributed by atoms with Crippen LogP contribution in [-0.4, -0.2) is 13.4 Å². The van der Waals surface area contributed by atoms with Crippen molar-refractivity contribution >= 4 is 39.0 Å². The molecule has 3 N–H and O–H groups in total. The Hall–Kier alpha value is -1.09. The van der Waals surface area contributed by atoms with Gasteiger partial charge in [0.2, 0.25) is 10.0 Å². The first-order chi connectivity index (χ1) is 8.07. The summed E-state index contributed by atoms with van der Waals surface area (Å²) in [7, 11) is -3.72. The van der Waals surface area contributed by atoms with E-state index in [-0.39, 0.29) is 4.90 Å². The van der Waals surface area contributed by atoms with Gasteiger partial charge in [0.05, 0.1) is 5.69 Å². The summed E-state index contributed by atoms with van der Waals surface area (Å²) < 4.78 is 26.4. The van der Waals surface area contributed by atoms with Crippen LogP contribution >= 0.6 is 23.3 Å². The number of para-hydroxylation sites is 1. The summed E-state index contributed by atoms with van der Waals surface area (Å²) in [5.74, 6) is 0. The third-order valence-corrected chi connectivity index (χ3v) is 4.53. The quantitative estimate of drug-likeness (QED) is 0.839. The predicted molar refractivity (Wildman–Crippen MR) is 69.4 cm³/mol. The first-order valence-corrected chi connectivity index (χ1v) is 7.76. The molecule has 0 aliphatic carbocycles. The number of anilines is 1. The predicted octanol–water partition coefficient (Wildman–Crippen LogP) is 1.91. The zero-order valence-electron chi connectivity index (χ0n) is 8.53. The maximum atomic E-state index is 11.3. The number of nitrogens with one attached hydrogen (secondary N) is 1. The fraction of sp³-hybridized carbons (Fsp3) is 0. The van der Waals surface area contributed by atoms with E-state index in [1.165, 1.54) is 29.4 Å². The van der Waals surface area contributed by atoms with Crippen molar-refractivity contribution in [2.24, 2.45) is 5.14 Å². The molecule has 0 fully saturated rings. The molecule has 17 heavy (non-hydrogen) atoms. The van der Waals surface area contributed by atoms with Crippen molar-refractivity contribution in [3.8, 4) is 0 Å². The number of hydrogen-bond donors (Lipinski definition) is 2. The molecule has 0 radical (unpaired) electrons. The van der Waals surface area contributed by atoms with Crippen molar-refractivity contribution in [2.45, 2.75) is 9.24 Å². The Morgan fingerprint density at radius 1 is 1.35 bits per heavy atom. The maximum absolute atomic E-state index is 11.3. The van der Waals surface area contributed by atoms with Gasteiger partial charge in [0.1, 0.15) is 4.90 Å². The van der Waals surface area contributed by atoms with Gasteiger partial charge in [-0.2, -0.15) is 0 Å². The van der Waals surface area contributed by atoms with Crippen molar-refractivity contribution in [3.63, 3.8) is 0 Å². The second kappa shape index (κ2) is 5.05. The van der Waals surface area contributed by atoms with Crippen molar-refractivity contribution < 1.29 is 8.42 Å². The molecule has 0 spiro atoms. The van der Waals surface area contributed by atoms with Gasteiger partial charge in [0, 0.05) is 23.5 Å². The Labute approximate surface area is 107 Å². The van der Waals surface area contributed by atoms with Crippen molar-refractivity contribution in [1.29, 1.82) is 0 Å². The van der Waals surface area contributed by atoms with Gasteiger partial charge in [0.25, 0.3) is 0 Å². The largest absolute Gasteiger partial charge is 0.322 e. The van der Waals surface area contributed by atoms with Gasteiger partial charge in [-0.15, -0.1) is 11.3 Å². The number of sulfonamides is 1. The van der Waals surface area contributed by atoms with Crippen LogP contribution in [0.15, 0.2) is 45.1 Å². The van der Waals surface area contributed by atoms with E-state index in [0.717, 1.165) is 4.34 Å². The molecular weight excluding hydrogens is 278 g/mol. The van der Waals surface area contributed by atoms with Crippen LogP contribution < -0.4 is 9.86 Å². The summed E-state index contributed by atoms with van der Waals surface area (Å²) in [5.41, 5.74) is 0.454. The molecule has 0 atom stereocenters. The Kier molecular flexibility index (Phi) is 3.67. The topological polar surface area (TPSA) is 85.1 Å². The lowest BCUT2D eigenvalue weighted by Gasteiger charge is -2.07. The van der Waals surface area contributed by atoms with E-state index in [1.54, 1.807) is 24.4 Å². The molecule has 5 nitrogen and oxygen atoms in total. The number of aromatic nitrogens is 1. The Bertz CT molecular complexity index is 596. The van der Waals surface area contributed by atoms with Crippen LogP contribution in [-0.2, 0) is 10.0 Å². The zero-order valence-corrected chi connectivity index (χ0v) is 11.0. The summed E-state index contributed by atoms with van der Waals surface area (Å²) in [4.78, 5) is 4.13. The Morgan fingerprint density at radius 2 is 2.12 bits per heavy atom. The molecule has 2 rings (SSSR count). The summed E-state index contributed by atoms with van der Waals surface area (Å²) in [6.45, 7) is 0. The summed E-state index contributed by atoms with van der Waals surface area (Å²) in [6, 6.07) is 6.47. The van der Waals surface area contributed by atoms with E-state index in [2.05, 4.69) is 9.71 Å². The Morgan fingerprint density at radius 3 is 2.76 bits per heavy atom. The average Bonchev–Trinajstić information content (AvgIpc) is 2.78. The third-order valence-electron chi connectivity index (χ3n) is 1.85. The summed E-state index contributed by atoms with van der Waals surface area (Å²) in [5, 5.41) is 6.96. The van der Waals surface area contributed by atoms with Crippen molar-refractivity contribution in [1.82, 2.24) is 4.98 Å². The molecule has 0 unspecified atom stereocenters. The van der Waals surface area contributed by atoms with Crippen LogP contribution in [0.4, 0.5) is 5.69 Å². The number of hydrogen-bond acceptors (Lipinski definition) is 6. The minimum Gasteiger partial charge on any atom is -0.322 e. The molecule has 1 aromatic heterocycles. The first kappa shape index (κ1) is 12.4. The smallest absolute Gasteiger partial charge is 0.240 e. The van der Waals surface area contributed by atoms with Crippen LogP contribution in [0.2, 0.25) is 0 Å². The lowest BCUT2D eigenvalue weighted by atomic mass is 10.3. The highest BCUT2D eigenvalue weighted by Crippen LogP contribution is 2.26. The molecule has 0 saturated carbocycles. The number of nitrogens with two attached hydrogens (primary N) is 1. The standard InChI is InChI=1S/C9H9N3O2S3/c10-17(13,14)8-4-2-1-3-7(8)12-16-9-11-5-6-15-9/h1-6,12H,(H2,10,13,14). The third kappa shape index (κ3) is 3.19. The minimum absolute atomic E-state index is 0.0732. The molecule has 0 amide bonds. The van der Waals surface area contributed by atoms with Crippen LogP contribution in [0.5, 0.6) is 0 Å². The number of benzene rings is 1. The second-order valence-electron chi connectivity index (χ2n) is 3.04. The highest BCUT2D eigenvalue weighted by atomic mass is 32.2. The van der Waals surface area contributed by atoms with Crippen LogP contribution in [0.25, 0.3) is 0 Å². The van der Waals surface area contributed by atoms with E-state index in [9.17, 15) is 8.42 Å². The maximum Gasteiger partial charge on any atom is 0.240 e. The van der Waals surface area contributed by atoms with Gasteiger partial charge >= 0.3 is 0 Å². The van der Waals surface area contributed by atoms with Gasteiger partial charge in [-0.25, -0.2) is 18.5 Å². The van der Waals surface area contributed by atoms with Crippen LogP contribution in [0, 0.1) is 0 Å². The van der Waals surface area contributed by atoms with Crippen molar-refractivity contribution in [2.75, 3.05) is 4.72 Å².